The first-order valence-corrected chi connectivity index (χ1v) is 26.0. The summed E-state index contributed by atoms with van der Waals surface area (Å²) in [6.45, 7) is 4.81. The second-order valence-electron chi connectivity index (χ2n) is 22.1. The van der Waals surface area contributed by atoms with Crippen molar-refractivity contribution in [1.29, 1.82) is 0 Å². The molecule has 4 bridgehead atoms. The van der Waals surface area contributed by atoms with Gasteiger partial charge in [-0.15, -0.1) is 0 Å². The van der Waals surface area contributed by atoms with E-state index in [9.17, 15) is 0 Å². The number of nitrogens with zero attached hydrogens (tertiary/aromatic N) is 2. The SMILES string of the molecule is CC1(C)c2ccccc2-c2ccc(N(c3ccc(C4[C@H]5C[C@@H]6C[C@@H](C[C@@H]4C6)C5)cc3)c3ccc4c(c3)C3(c5ccccc5-c5ccc(N(c6ccccc6)c6ccccc6)cc53)c3ccccc3-4)cc21. The average Bonchev–Trinajstić information content (AvgIpc) is 3.96. The van der Waals surface area contributed by atoms with Crippen molar-refractivity contribution in [3.8, 4) is 33.4 Å². The number of hydrogen-bond donors (Lipinski definition) is 0. The maximum Gasteiger partial charge on any atom is 0.0727 e. The van der Waals surface area contributed by atoms with Crippen LogP contribution >= 0.6 is 0 Å². The van der Waals surface area contributed by atoms with Crippen molar-refractivity contribution in [3.05, 3.63) is 251 Å². The Morgan fingerprint density at radius 2 is 0.671 bits per heavy atom. The van der Waals surface area contributed by atoms with Crippen LogP contribution in [0.5, 0.6) is 0 Å². The second kappa shape index (κ2) is 15.0. The van der Waals surface area contributed by atoms with Crippen LogP contribution in [0.25, 0.3) is 33.4 Å². The first kappa shape index (κ1) is 40.5. The maximum atomic E-state index is 2.57. The van der Waals surface area contributed by atoms with Crippen LogP contribution < -0.4 is 9.80 Å². The fourth-order valence-electron chi connectivity index (χ4n) is 15.6. The third-order valence-electron chi connectivity index (χ3n) is 18.2. The van der Waals surface area contributed by atoms with E-state index in [0.29, 0.717) is 5.92 Å². The number of rotatable bonds is 7. The van der Waals surface area contributed by atoms with Crippen LogP contribution in [-0.2, 0) is 10.8 Å². The Morgan fingerprint density at radius 1 is 0.314 bits per heavy atom. The highest BCUT2D eigenvalue weighted by Crippen LogP contribution is 2.65. The normalized spacial score (nSPS) is 23.0. The zero-order valence-corrected chi connectivity index (χ0v) is 40.0. The second-order valence-corrected chi connectivity index (χ2v) is 22.1. The molecule has 9 aromatic carbocycles. The van der Waals surface area contributed by atoms with Gasteiger partial charge in [-0.1, -0.05) is 153 Å². The molecule has 1 atom stereocenters. The molecule has 0 aliphatic heterocycles. The van der Waals surface area contributed by atoms with Gasteiger partial charge in [0.25, 0.3) is 0 Å². The van der Waals surface area contributed by atoms with E-state index in [1.807, 2.05) is 0 Å². The summed E-state index contributed by atoms with van der Waals surface area (Å²) in [5.74, 6) is 4.32. The number of benzene rings is 9. The van der Waals surface area contributed by atoms with E-state index >= 15 is 0 Å². The predicted octanol–water partition coefficient (Wildman–Crippen LogP) is 17.8. The zero-order valence-electron chi connectivity index (χ0n) is 40.0. The summed E-state index contributed by atoms with van der Waals surface area (Å²) in [7, 11) is 0. The number of hydrogen-bond acceptors (Lipinski definition) is 2. The van der Waals surface area contributed by atoms with E-state index in [0.717, 1.165) is 40.7 Å². The van der Waals surface area contributed by atoms with Crippen LogP contribution in [0.2, 0.25) is 0 Å². The molecule has 0 N–H and O–H groups in total. The predicted molar refractivity (Wildman–Crippen MR) is 289 cm³/mol. The summed E-state index contributed by atoms with van der Waals surface area (Å²) in [5.41, 5.74) is 24.0. The van der Waals surface area contributed by atoms with E-state index in [4.69, 9.17) is 0 Å². The zero-order chi connectivity index (χ0) is 46.3. The molecule has 70 heavy (non-hydrogen) atoms. The molecule has 0 aromatic heterocycles. The molecule has 2 nitrogen and oxygen atoms in total. The van der Waals surface area contributed by atoms with Gasteiger partial charge in [0.1, 0.15) is 0 Å². The van der Waals surface area contributed by atoms with Crippen LogP contribution in [0.4, 0.5) is 34.1 Å². The molecular formula is C68H56N2. The first-order valence-electron chi connectivity index (χ1n) is 26.0. The molecule has 0 heterocycles. The van der Waals surface area contributed by atoms with Gasteiger partial charge in [0.05, 0.1) is 5.41 Å². The molecule has 4 saturated carbocycles. The quantitative estimate of drug-likeness (QED) is 0.157. The molecule has 1 spiro atoms. The lowest BCUT2D eigenvalue weighted by atomic mass is 9.51. The third kappa shape index (κ3) is 5.68. The van der Waals surface area contributed by atoms with Crippen molar-refractivity contribution in [1.82, 2.24) is 0 Å². The molecule has 7 aliphatic rings. The molecule has 0 radical (unpaired) electrons. The van der Waals surface area contributed by atoms with E-state index in [2.05, 4.69) is 236 Å². The number of para-hydroxylation sites is 2. The maximum absolute atomic E-state index is 2.57. The molecule has 338 valence electrons. The Kier molecular flexibility index (Phi) is 8.69. The molecule has 0 saturated heterocycles. The van der Waals surface area contributed by atoms with Crippen LogP contribution in [0.15, 0.2) is 212 Å². The standard InChI is InChI=1S/C68H56N2/c1-67(2)60-22-12-9-19-54(60)57-32-29-51(40-63(57)67)70(50-27-25-45(26-28-50)66-46-36-43-35-44(38-46)39-47(66)37-43)53-31-34-59-56-21-11-14-24-62(56)68(65(59)42-53)61-23-13-10-20-55(61)58-33-30-52(41-64(58)68)69(48-15-5-3-6-16-48)49-17-7-4-8-18-49/h3-34,40-44,46-47,66H,35-39H2,1-2H3/t43-,44+,46-,47-,66?,68?. The van der Waals surface area contributed by atoms with Crippen LogP contribution in [0.1, 0.15) is 90.8 Å². The van der Waals surface area contributed by atoms with Crippen molar-refractivity contribution < 1.29 is 0 Å². The van der Waals surface area contributed by atoms with Gasteiger partial charge in [-0.3, -0.25) is 0 Å². The summed E-state index contributed by atoms with van der Waals surface area (Å²) in [6.07, 6.45) is 7.22. The lowest BCUT2D eigenvalue weighted by Gasteiger charge is -2.54. The summed E-state index contributed by atoms with van der Waals surface area (Å²) in [6, 6.07) is 81.0. The number of fused-ring (bicyclic) bond motifs is 13. The summed E-state index contributed by atoms with van der Waals surface area (Å²) in [4.78, 5) is 4.99. The Balaban J connectivity index is 0.935. The molecular weight excluding hydrogens is 845 g/mol. The van der Waals surface area contributed by atoms with Gasteiger partial charge in [0.2, 0.25) is 0 Å². The van der Waals surface area contributed by atoms with E-state index in [-0.39, 0.29) is 5.41 Å². The molecule has 0 amide bonds. The Labute approximate surface area is 412 Å². The van der Waals surface area contributed by atoms with Gasteiger partial charge in [-0.05, 0) is 207 Å². The molecule has 1 unspecified atom stereocenters. The van der Waals surface area contributed by atoms with E-state index < -0.39 is 5.41 Å². The Bertz CT molecular complexity index is 3470. The fourth-order valence-corrected chi connectivity index (χ4v) is 15.6. The van der Waals surface area contributed by atoms with Crippen molar-refractivity contribution in [3.63, 3.8) is 0 Å². The average molecular weight is 901 g/mol. The van der Waals surface area contributed by atoms with Gasteiger partial charge in [0.15, 0.2) is 0 Å². The lowest BCUT2D eigenvalue weighted by molar-refractivity contribution is -0.00277. The third-order valence-corrected chi connectivity index (χ3v) is 18.2. The topological polar surface area (TPSA) is 6.48 Å². The summed E-state index contributed by atoms with van der Waals surface area (Å²) in [5, 5.41) is 0. The largest absolute Gasteiger partial charge is 0.310 e. The van der Waals surface area contributed by atoms with Gasteiger partial charge < -0.3 is 9.80 Å². The summed E-state index contributed by atoms with van der Waals surface area (Å²) < 4.78 is 0. The Morgan fingerprint density at radius 3 is 1.17 bits per heavy atom. The van der Waals surface area contributed by atoms with E-state index in [1.54, 1.807) is 5.56 Å². The van der Waals surface area contributed by atoms with Crippen LogP contribution in [0, 0.1) is 23.7 Å². The smallest absolute Gasteiger partial charge is 0.0727 e. The molecule has 4 fully saturated rings. The van der Waals surface area contributed by atoms with Crippen molar-refractivity contribution >= 4 is 34.1 Å². The van der Waals surface area contributed by atoms with Crippen molar-refractivity contribution in [2.75, 3.05) is 9.80 Å². The fraction of sp³-hybridized carbons (Fsp3) is 0.206. The van der Waals surface area contributed by atoms with Crippen LogP contribution in [0.3, 0.4) is 0 Å². The van der Waals surface area contributed by atoms with Gasteiger partial charge in [-0.25, -0.2) is 0 Å². The van der Waals surface area contributed by atoms with E-state index in [1.165, 1.54) is 116 Å². The van der Waals surface area contributed by atoms with Gasteiger partial charge in [-0.2, -0.15) is 0 Å². The monoisotopic (exact) mass is 900 g/mol. The molecule has 7 aliphatic carbocycles. The van der Waals surface area contributed by atoms with Crippen LogP contribution in [-0.4, -0.2) is 0 Å². The highest BCUT2D eigenvalue weighted by molar-refractivity contribution is 5.98. The minimum Gasteiger partial charge on any atom is -0.310 e. The van der Waals surface area contributed by atoms with Crippen molar-refractivity contribution in [2.24, 2.45) is 23.7 Å². The highest BCUT2D eigenvalue weighted by atomic mass is 15.1. The van der Waals surface area contributed by atoms with Crippen molar-refractivity contribution in [2.45, 2.75) is 62.7 Å². The minimum atomic E-state index is -0.542. The molecule has 16 rings (SSSR count). The summed E-state index contributed by atoms with van der Waals surface area (Å²) >= 11 is 0. The lowest BCUT2D eigenvalue weighted by Crippen LogP contribution is -2.43. The number of anilines is 6. The minimum absolute atomic E-state index is 0.122. The first-order chi connectivity index (χ1) is 34.4. The molecule has 2 heteroatoms. The molecule has 9 aromatic rings. The Hall–Kier alpha value is -7.42. The van der Waals surface area contributed by atoms with Gasteiger partial charge >= 0.3 is 0 Å². The highest BCUT2D eigenvalue weighted by Gasteiger charge is 2.53. The van der Waals surface area contributed by atoms with Gasteiger partial charge in [0, 0.05) is 39.5 Å².